The number of aliphatic imine (C=N–C) groups is 4. The number of nitrogens with one attached hydrogen (secondary N) is 2. The molecule has 0 unspecified atom stereocenters. The van der Waals surface area contributed by atoms with Crippen LogP contribution in [0.25, 0.3) is 88.1 Å². The van der Waals surface area contributed by atoms with Crippen molar-refractivity contribution in [1.82, 2.24) is 50.5 Å². The van der Waals surface area contributed by atoms with Crippen LogP contribution in [0.1, 0.15) is 110 Å². The summed E-state index contributed by atoms with van der Waals surface area (Å²) in [5.74, 6) is 0.186. The molecule has 4 aliphatic heterocycles. The lowest BCUT2D eigenvalue weighted by molar-refractivity contribution is 0.0992. The SMILES string of the molecule is CCc1ccc(-c2ccc3c(c2)C(CN)=NCC3=O)cn1.Cc1cc(-c2ccc3c(c2)C(CN)=NCC3=O)cnc1C.Cc1ccc(-c2ccc3c(c2)C(CN)=NCC3=O)cn1.Cc1ccc2c(=O)[nH]nc(CN)c2c1.NCC1=NCC(=O)c2ccc(-c3cnc4ccccc4c3)cc21.NCc1n[nH]c(=O)c2ccc(-c3ccnnc3)cc12. The number of fused-ring (bicyclic) bond motifs is 7. The molecule has 14 N–H and O–H groups in total. The fourth-order valence-corrected chi connectivity index (χ4v) is 13.8. The minimum absolute atomic E-state index is 0.0420. The maximum Gasteiger partial charge on any atom is 0.272 e. The zero-order valence-corrected chi connectivity index (χ0v) is 65.8. The first-order chi connectivity index (χ1) is 57.3. The number of nitrogens with zero attached hydrogens (tertiary/aromatic N) is 12. The van der Waals surface area contributed by atoms with E-state index in [0.717, 1.165) is 163 Å². The van der Waals surface area contributed by atoms with Gasteiger partial charge >= 0.3 is 0 Å². The lowest BCUT2D eigenvalue weighted by Crippen LogP contribution is -2.24. The highest BCUT2D eigenvalue weighted by Gasteiger charge is 2.25. The molecule has 0 spiro atoms. The number of carbonyl (C=O) groups excluding carboxylic acids is 4. The van der Waals surface area contributed by atoms with Gasteiger partial charge in [-0.3, -0.25) is 68.7 Å². The van der Waals surface area contributed by atoms with Gasteiger partial charge in [0.1, 0.15) is 26.2 Å². The van der Waals surface area contributed by atoms with Gasteiger partial charge in [-0.25, -0.2) is 10.2 Å². The van der Waals surface area contributed by atoms with E-state index < -0.39 is 0 Å². The number of H-pyrrole nitrogens is 2. The van der Waals surface area contributed by atoms with Crippen LogP contribution in [-0.2, 0) is 19.5 Å². The number of aryl methyl sites for hydroxylation is 5. The number of aromatic nitrogens is 10. The summed E-state index contributed by atoms with van der Waals surface area (Å²) in [6.45, 7) is 12.8. The molecule has 4 aliphatic rings. The molecule has 0 radical (unpaired) electrons. The van der Waals surface area contributed by atoms with Crippen LogP contribution in [-0.4, -0.2) is 149 Å². The minimum Gasteiger partial charge on any atom is -0.325 e. The second-order valence-corrected chi connectivity index (χ2v) is 28.1. The summed E-state index contributed by atoms with van der Waals surface area (Å²) in [4.78, 5) is 106. The summed E-state index contributed by atoms with van der Waals surface area (Å²) < 4.78 is 0. The first-order valence-corrected chi connectivity index (χ1v) is 38.3. The molecule has 7 aromatic heterocycles. The second-order valence-electron chi connectivity index (χ2n) is 28.1. The van der Waals surface area contributed by atoms with E-state index in [1.165, 1.54) is 0 Å². The van der Waals surface area contributed by atoms with E-state index in [1.807, 2.05) is 198 Å². The van der Waals surface area contributed by atoms with Crippen molar-refractivity contribution in [3.05, 3.63) is 318 Å². The number of benzene rings is 7. The number of rotatable bonds is 12. The summed E-state index contributed by atoms with van der Waals surface area (Å²) in [5.41, 5.74) is 60.9. The van der Waals surface area contributed by atoms with Gasteiger partial charge in [0.05, 0.1) is 62.9 Å². The van der Waals surface area contributed by atoms with Gasteiger partial charge in [0.2, 0.25) is 0 Å². The van der Waals surface area contributed by atoms with Crippen molar-refractivity contribution in [3.63, 3.8) is 0 Å². The third kappa shape index (κ3) is 18.5. The molecule has 0 amide bonds. The Morgan fingerprint density at radius 2 is 0.754 bits per heavy atom. The fraction of sp³-hybridized carbons (Fsp3) is 0.174. The number of Topliss-reactive ketones (excluding diaryl/α,β-unsaturated/α-hetero) is 4. The Bertz CT molecular complexity index is 6460. The summed E-state index contributed by atoms with van der Waals surface area (Å²) >= 11 is 0. The Morgan fingerprint density at radius 3 is 1.19 bits per heavy atom. The predicted molar refractivity (Wildman–Crippen MR) is 465 cm³/mol. The molecule has 590 valence electrons. The van der Waals surface area contributed by atoms with Crippen LogP contribution in [0.3, 0.4) is 0 Å². The van der Waals surface area contributed by atoms with E-state index in [0.29, 0.717) is 71.4 Å². The number of ketones is 4. The average Bonchev–Trinajstić information content (AvgIpc) is 0.823. The molecule has 26 heteroatoms. The standard InChI is InChI=1S/C19H15N3O.2C17H17N3O.C16H15N3O.C13H11N5O.C10H11N3O/c20-9-18-16-8-12(5-6-15(16)19(23)11-22-18)14-7-13-3-1-2-4-17(13)21-10-14;1-10-5-13(8-19-11(10)2)12-3-4-14-15(6-12)16(7-18)20-9-17(14)21;1-2-13-5-3-12(9-19-13)11-4-6-14-15(7-11)16(8-18)20-10-17(14)21;1-10-2-3-12(8-18-10)11-4-5-13-14(6-11)15(7-17)19-9-16(13)20;14-6-12-11-5-8(9-3-4-15-16-7-9)1-2-10(11)13(19)18-17-12;1-6-2-3-7-8(4-6)9(5-11)12-13-10(7)14/h1-8,10H,9,11,20H2;3-6,8H,7,9,18H2,1-2H3;3-7,9H,2,8,10,18H2,1H3;2-6,8H,7,9,17H2,1H3;1-5,7H,6,14H2,(H,18,19);2-4H,5,11H2,1H3,(H,13,14). The summed E-state index contributed by atoms with van der Waals surface area (Å²) in [6, 6.07) is 56.5. The zero-order chi connectivity index (χ0) is 83.1. The van der Waals surface area contributed by atoms with Gasteiger partial charge in [-0.05, 0) is 152 Å². The Balaban J connectivity index is 0.000000123. The molecule has 0 bridgehead atoms. The number of para-hydroxylation sites is 1. The molecule has 7 aromatic carbocycles. The largest absolute Gasteiger partial charge is 0.325 e. The minimum atomic E-state index is -0.216. The molecule has 14 aromatic rings. The molecule has 0 atom stereocenters. The van der Waals surface area contributed by atoms with E-state index in [9.17, 15) is 28.8 Å². The van der Waals surface area contributed by atoms with Gasteiger partial charge in [0.15, 0.2) is 23.1 Å². The molecule has 26 nitrogen and oxygen atoms in total. The van der Waals surface area contributed by atoms with Crippen molar-refractivity contribution < 1.29 is 19.2 Å². The van der Waals surface area contributed by atoms with Gasteiger partial charge in [-0.15, -0.1) is 0 Å². The molecule has 0 fully saturated rings. The molecule has 18 rings (SSSR count). The smallest absolute Gasteiger partial charge is 0.272 e. The van der Waals surface area contributed by atoms with E-state index in [4.69, 9.17) is 34.4 Å². The number of hydrogen-bond donors (Lipinski definition) is 8. The summed E-state index contributed by atoms with van der Waals surface area (Å²) in [7, 11) is 0. The number of carbonyl (C=O) groups is 4. The first-order valence-electron chi connectivity index (χ1n) is 38.3. The lowest BCUT2D eigenvalue weighted by atomic mass is 9.92. The highest BCUT2D eigenvalue weighted by molar-refractivity contribution is 6.19. The molecular weight excluding hydrogens is 1480 g/mol. The monoisotopic (exact) mass is 1570 g/mol. The van der Waals surface area contributed by atoms with Crippen molar-refractivity contribution >= 4 is 78.4 Å². The number of nitrogens with two attached hydrogens (primary N) is 6. The van der Waals surface area contributed by atoms with Crippen molar-refractivity contribution in [2.45, 2.75) is 54.1 Å². The lowest BCUT2D eigenvalue weighted by Gasteiger charge is -2.16. The molecule has 0 saturated carbocycles. The number of hydrogen-bond acceptors (Lipinski definition) is 24. The normalized spacial score (nSPS) is 13.0. The van der Waals surface area contributed by atoms with Gasteiger partial charge in [-0.2, -0.15) is 20.4 Å². The molecule has 0 saturated heterocycles. The number of pyridine rings is 4. The van der Waals surface area contributed by atoms with E-state index in [1.54, 1.807) is 24.5 Å². The predicted octanol–water partition coefficient (Wildman–Crippen LogP) is 10.9. The average molecular weight is 1570 g/mol. The summed E-state index contributed by atoms with van der Waals surface area (Å²) in [5, 5.41) is 24.3. The van der Waals surface area contributed by atoms with Crippen LogP contribution < -0.4 is 45.5 Å². The quantitative estimate of drug-likeness (QED) is 0.0563. The van der Waals surface area contributed by atoms with Gasteiger partial charge in [0.25, 0.3) is 11.1 Å². The van der Waals surface area contributed by atoms with Crippen LogP contribution in [0, 0.1) is 27.7 Å². The van der Waals surface area contributed by atoms with E-state index >= 15 is 0 Å². The first kappa shape index (κ1) is 81.9. The molecular formula is C92H86N20O6. The third-order valence-corrected chi connectivity index (χ3v) is 20.5. The Labute approximate surface area is 679 Å². The van der Waals surface area contributed by atoms with Gasteiger partial charge in [0, 0.05) is 170 Å². The third-order valence-electron chi connectivity index (χ3n) is 20.5. The van der Waals surface area contributed by atoms with Crippen molar-refractivity contribution in [2.24, 2.45) is 54.4 Å². The highest BCUT2D eigenvalue weighted by Crippen LogP contribution is 2.32. The van der Waals surface area contributed by atoms with E-state index in [2.05, 4.69) is 95.6 Å². The molecule has 118 heavy (non-hydrogen) atoms. The van der Waals surface area contributed by atoms with Crippen molar-refractivity contribution in [3.8, 4) is 55.6 Å². The fourth-order valence-electron chi connectivity index (χ4n) is 13.8. The second kappa shape index (κ2) is 37.4. The van der Waals surface area contributed by atoms with Crippen LogP contribution in [0.4, 0.5) is 0 Å². The van der Waals surface area contributed by atoms with Crippen molar-refractivity contribution in [1.29, 1.82) is 0 Å². The van der Waals surface area contributed by atoms with Crippen LogP contribution in [0.15, 0.2) is 243 Å². The van der Waals surface area contributed by atoms with Gasteiger partial charge < -0.3 is 34.4 Å². The molecule has 11 heterocycles. The van der Waals surface area contributed by atoms with E-state index in [-0.39, 0.29) is 67.0 Å². The van der Waals surface area contributed by atoms with Crippen LogP contribution >= 0.6 is 0 Å². The zero-order valence-electron chi connectivity index (χ0n) is 65.8. The Morgan fingerprint density at radius 1 is 0.339 bits per heavy atom. The Kier molecular flexibility index (Phi) is 26.0. The Hall–Kier alpha value is -14.1. The van der Waals surface area contributed by atoms with Crippen LogP contribution in [0.2, 0.25) is 0 Å². The highest BCUT2D eigenvalue weighted by atomic mass is 16.1. The molecule has 0 aliphatic carbocycles. The maximum absolute atomic E-state index is 12.0. The maximum atomic E-state index is 12.0. The van der Waals surface area contributed by atoms with Crippen LogP contribution in [0.5, 0.6) is 0 Å². The van der Waals surface area contributed by atoms with Gasteiger partial charge in [-0.1, -0.05) is 103 Å². The number of aromatic amines is 2. The summed E-state index contributed by atoms with van der Waals surface area (Å²) in [6.07, 6.45) is 11.6. The van der Waals surface area contributed by atoms with Crippen molar-refractivity contribution in [2.75, 3.05) is 52.4 Å². The topological polar surface area (TPSA) is 443 Å².